The van der Waals surface area contributed by atoms with Gasteiger partial charge in [0, 0.05) is 8.04 Å². The molecule has 0 heterocycles. The van der Waals surface area contributed by atoms with E-state index in [1.165, 1.54) is 0 Å². The van der Waals surface area contributed by atoms with Crippen molar-refractivity contribution in [2.75, 3.05) is 0 Å². The molecule has 1 aromatic rings. The van der Waals surface area contributed by atoms with Gasteiger partial charge in [-0.15, -0.1) is 4.91 Å². The molecule has 10 heavy (non-hydrogen) atoms. The van der Waals surface area contributed by atoms with Crippen molar-refractivity contribution in [2.45, 2.75) is 0 Å². The molecule has 0 radical (unpaired) electrons. The van der Waals surface area contributed by atoms with E-state index in [1.54, 1.807) is 12.1 Å². The van der Waals surface area contributed by atoms with Crippen molar-refractivity contribution >= 4 is 44.2 Å². The molecule has 0 saturated carbocycles. The second kappa shape index (κ2) is 3.43. The van der Waals surface area contributed by atoms with E-state index in [-0.39, 0.29) is 0 Å². The van der Waals surface area contributed by atoms with Crippen LogP contribution in [0.4, 0.5) is 5.69 Å². The summed E-state index contributed by atoms with van der Waals surface area (Å²) in [6, 6.07) is 5.31. The number of nitroso groups, excluding NO2 is 1. The van der Waals surface area contributed by atoms with Crippen LogP contribution < -0.4 is 0 Å². The highest BCUT2D eigenvalue weighted by Gasteiger charge is 1.97. The minimum Gasteiger partial charge on any atom is -0.145 e. The van der Waals surface area contributed by atoms with Crippen LogP contribution in [0.15, 0.2) is 27.8 Å². The third-order valence-electron chi connectivity index (χ3n) is 1.01. The minimum atomic E-state index is 0.490. The van der Waals surface area contributed by atoms with Gasteiger partial charge in [0.25, 0.3) is 0 Å². The van der Waals surface area contributed by atoms with E-state index in [9.17, 15) is 4.91 Å². The molecule has 1 rings (SSSR count). The SMILES string of the molecule is O=Nc1ccc(Br)cc1I. The fourth-order valence-corrected chi connectivity index (χ4v) is 1.96. The van der Waals surface area contributed by atoms with Crippen molar-refractivity contribution in [2.24, 2.45) is 5.18 Å². The predicted octanol–water partition coefficient (Wildman–Crippen LogP) is 3.45. The zero-order valence-corrected chi connectivity index (χ0v) is 8.59. The van der Waals surface area contributed by atoms with Crippen LogP contribution in [0.5, 0.6) is 0 Å². The van der Waals surface area contributed by atoms with Crippen molar-refractivity contribution in [1.29, 1.82) is 0 Å². The zero-order chi connectivity index (χ0) is 7.56. The summed E-state index contributed by atoms with van der Waals surface area (Å²) in [4.78, 5) is 10.1. The standard InChI is InChI=1S/C6H3BrINO/c7-4-1-2-6(9-10)5(8)3-4/h1-3H. The molecule has 0 aliphatic rings. The second-order valence-corrected chi connectivity index (χ2v) is 3.76. The Morgan fingerprint density at radius 1 is 1.50 bits per heavy atom. The summed E-state index contributed by atoms with van der Waals surface area (Å²) < 4.78 is 1.83. The lowest BCUT2D eigenvalue weighted by atomic mass is 10.3. The van der Waals surface area contributed by atoms with E-state index in [0.29, 0.717) is 5.69 Å². The van der Waals surface area contributed by atoms with Gasteiger partial charge in [-0.3, -0.25) is 0 Å². The van der Waals surface area contributed by atoms with Crippen molar-refractivity contribution in [3.63, 3.8) is 0 Å². The average Bonchev–Trinajstić information content (AvgIpc) is 1.88. The van der Waals surface area contributed by atoms with Gasteiger partial charge in [-0.1, -0.05) is 15.9 Å². The zero-order valence-electron chi connectivity index (χ0n) is 4.84. The molecule has 2 nitrogen and oxygen atoms in total. The van der Waals surface area contributed by atoms with Gasteiger partial charge in [0.2, 0.25) is 0 Å². The van der Waals surface area contributed by atoms with E-state index in [0.717, 1.165) is 8.04 Å². The average molecular weight is 312 g/mol. The number of hydrogen-bond acceptors (Lipinski definition) is 2. The summed E-state index contributed by atoms with van der Waals surface area (Å²) in [5.74, 6) is 0. The Balaban J connectivity index is 3.19. The predicted molar refractivity (Wildman–Crippen MR) is 52.3 cm³/mol. The maximum atomic E-state index is 10.1. The van der Waals surface area contributed by atoms with E-state index < -0.39 is 0 Å². The third-order valence-corrected chi connectivity index (χ3v) is 2.37. The number of rotatable bonds is 1. The van der Waals surface area contributed by atoms with Gasteiger partial charge in [-0.05, 0) is 46.0 Å². The van der Waals surface area contributed by atoms with Gasteiger partial charge in [-0.2, -0.15) is 0 Å². The number of benzene rings is 1. The van der Waals surface area contributed by atoms with Crippen molar-refractivity contribution in [3.8, 4) is 0 Å². The molecule has 0 saturated heterocycles. The first-order chi connectivity index (χ1) is 4.74. The highest BCUT2D eigenvalue weighted by Crippen LogP contribution is 2.24. The summed E-state index contributed by atoms with van der Waals surface area (Å²) in [6.07, 6.45) is 0. The molecule has 0 N–H and O–H groups in total. The molecule has 0 fully saturated rings. The Labute approximate surface area is 80.3 Å². The van der Waals surface area contributed by atoms with Gasteiger partial charge in [-0.25, -0.2) is 0 Å². The van der Waals surface area contributed by atoms with Gasteiger partial charge in [0.1, 0.15) is 5.69 Å². The Morgan fingerprint density at radius 3 is 2.70 bits per heavy atom. The lowest BCUT2D eigenvalue weighted by Gasteiger charge is -1.93. The lowest BCUT2D eigenvalue weighted by molar-refractivity contribution is 1.45. The van der Waals surface area contributed by atoms with E-state index >= 15 is 0 Å². The Bertz CT molecular complexity index is 264. The van der Waals surface area contributed by atoms with Crippen LogP contribution in [0.1, 0.15) is 0 Å². The van der Waals surface area contributed by atoms with Crippen LogP contribution >= 0.6 is 38.5 Å². The fourth-order valence-electron chi connectivity index (χ4n) is 0.555. The van der Waals surface area contributed by atoms with Crippen molar-refractivity contribution < 1.29 is 0 Å². The molecule has 0 bridgehead atoms. The third kappa shape index (κ3) is 1.76. The summed E-state index contributed by atoms with van der Waals surface area (Å²) in [7, 11) is 0. The van der Waals surface area contributed by atoms with Gasteiger partial charge in [0.05, 0.1) is 0 Å². The van der Waals surface area contributed by atoms with Crippen LogP contribution in [-0.2, 0) is 0 Å². The van der Waals surface area contributed by atoms with Crippen LogP contribution in [0.25, 0.3) is 0 Å². The normalized spacial score (nSPS) is 9.40. The largest absolute Gasteiger partial charge is 0.145 e. The van der Waals surface area contributed by atoms with Crippen LogP contribution in [-0.4, -0.2) is 0 Å². The van der Waals surface area contributed by atoms with Crippen molar-refractivity contribution in [1.82, 2.24) is 0 Å². The maximum absolute atomic E-state index is 10.1. The Hall–Kier alpha value is 0.0300. The van der Waals surface area contributed by atoms with Crippen LogP contribution in [0.3, 0.4) is 0 Å². The van der Waals surface area contributed by atoms with E-state index in [4.69, 9.17) is 0 Å². The number of hydrogen-bond donors (Lipinski definition) is 0. The molecule has 0 aromatic heterocycles. The quantitative estimate of drug-likeness (QED) is 0.577. The molecule has 0 aliphatic heterocycles. The summed E-state index contributed by atoms with van der Waals surface area (Å²) in [6.45, 7) is 0. The number of halogens is 2. The molecule has 0 atom stereocenters. The topological polar surface area (TPSA) is 29.4 Å². The summed E-state index contributed by atoms with van der Waals surface area (Å²) in [5, 5.41) is 2.83. The molecule has 52 valence electrons. The monoisotopic (exact) mass is 311 g/mol. The maximum Gasteiger partial charge on any atom is 0.121 e. The van der Waals surface area contributed by atoms with Crippen LogP contribution in [0, 0.1) is 8.48 Å². The first-order valence-electron chi connectivity index (χ1n) is 2.52. The highest BCUT2D eigenvalue weighted by molar-refractivity contribution is 14.1. The van der Waals surface area contributed by atoms with Gasteiger partial charge < -0.3 is 0 Å². The lowest BCUT2D eigenvalue weighted by Crippen LogP contribution is -1.71. The molecule has 0 amide bonds. The molecule has 4 heteroatoms. The van der Waals surface area contributed by atoms with Gasteiger partial charge in [0.15, 0.2) is 0 Å². The Morgan fingerprint density at radius 2 is 2.20 bits per heavy atom. The fraction of sp³-hybridized carbons (Fsp3) is 0. The minimum absolute atomic E-state index is 0.490. The second-order valence-electron chi connectivity index (χ2n) is 1.69. The Kier molecular flexibility index (Phi) is 2.79. The molecule has 0 aliphatic carbocycles. The van der Waals surface area contributed by atoms with E-state index in [1.807, 2.05) is 6.07 Å². The molecule has 0 unspecified atom stereocenters. The molecular weight excluding hydrogens is 309 g/mol. The number of nitrogens with zero attached hydrogens (tertiary/aromatic N) is 1. The molecular formula is C6H3BrINO. The van der Waals surface area contributed by atoms with Crippen molar-refractivity contribution in [3.05, 3.63) is 31.1 Å². The smallest absolute Gasteiger partial charge is 0.121 e. The molecule has 0 spiro atoms. The molecule has 1 aromatic carbocycles. The van der Waals surface area contributed by atoms with Gasteiger partial charge >= 0.3 is 0 Å². The first-order valence-corrected chi connectivity index (χ1v) is 4.39. The summed E-state index contributed by atoms with van der Waals surface area (Å²) >= 11 is 5.34. The highest BCUT2D eigenvalue weighted by atomic mass is 127. The summed E-state index contributed by atoms with van der Waals surface area (Å²) in [5.41, 5.74) is 0.490. The van der Waals surface area contributed by atoms with Crippen LogP contribution in [0.2, 0.25) is 0 Å². The van der Waals surface area contributed by atoms with E-state index in [2.05, 4.69) is 43.7 Å². The first kappa shape index (κ1) is 8.13.